The molecule has 3 rings (SSSR count). The first-order chi connectivity index (χ1) is 9.99. The number of Topliss-reactive ketones (excluding diaryl/α,β-unsaturated/α-hetero) is 1. The number of ketones is 1. The number of aromatic carboxylic acids is 1. The van der Waals surface area contributed by atoms with E-state index in [0.29, 0.717) is 16.4 Å². The summed E-state index contributed by atoms with van der Waals surface area (Å²) in [6.45, 7) is 3.13. The summed E-state index contributed by atoms with van der Waals surface area (Å²) in [6.07, 6.45) is 0. The van der Waals surface area contributed by atoms with E-state index in [0.717, 1.165) is 22.3 Å². The van der Waals surface area contributed by atoms with Crippen molar-refractivity contribution in [2.75, 3.05) is 0 Å². The van der Waals surface area contributed by atoms with E-state index in [2.05, 4.69) is 4.98 Å². The number of nitrogens with zero attached hydrogens (tertiary/aromatic N) is 1. The van der Waals surface area contributed by atoms with E-state index in [1.165, 1.54) is 6.92 Å². The van der Waals surface area contributed by atoms with Gasteiger partial charge in [0.2, 0.25) is 0 Å². The Kier molecular flexibility index (Phi) is 3.10. The van der Waals surface area contributed by atoms with Gasteiger partial charge in [-0.1, -0.05) is 18.2 Å². The Morgan fingerprint density at radius 1 is 1.29 bits per heavy atom. The number of para-hydroxylation sites is 1. The molecule has 2 aromatic heterocycles. The molecule has 106 valence electrons. The van der Waals surface area contributed by atoms with Crippen LogP contribution in [0.1, 0.15) is 32.8 Å². The van der Waals surface area contributed by atoms with Crippen molar-refractivity contribution in [1.82, 2.24) is 4.98 Å². The monoisotopic (exact) mass is 301 g/mol. The first-order valence-electron chi connectivity index (χ1n) is 6.22. The number of carbonyl (C=O) groups is 2. The van der Waals surface area contributed by atoms with E-state index < -0.39 is 5.97 Å². The highest BCUT2D eigenvalue weighted by Crippen LogP contribution is 2.37. The number of carboxylic acids is 1. The highest BCUT2D eigenvalue weighted by Gasteiger charge is 2.24. The first kappa shape index (κ1) is 13.5. The molecule has 0 saturated carbocycles. The van der Waals surface area contributed by atoms with E-state index in [1.807, 2.05) is 24.3 Å². The number of carboxylic acid groups (broad SMARTS) is 1. The third-order valence-electron chi connectivity index (χ3n) is 3.13. The second-order valence-electron chi connectivity index (χ2n) is 4.59. The average Bonchev–Trinajstić information content (AvgIpc) is 2.98. The number of hydrogen-bond acceptors (Lipinski definition) is 5. The molecule has 1 N–H and O–H groups in total. The van der Waals surface area contributed by atoms with Gasteiger partial charge in [0, 0.05) is 12.3 Å². The average molecular weight is 301 g/mol. The van der Waals surface area contributed by atoms with Crippen LogP contribution in [0.4, 0.5) is 0 Å². The van der Waals surface area contributed by atoms with Crippen LogP contribution < -0.4 is 0 Å². The van der Waals surface area contributed by atoms with Crippen molar-refractivity contribution in [3.8, 4) is 10.6 Å². The predicted molar refractivity (Wildman–Crippen MR) is 79.0 cm³/mol. The molecule has 0 spiro atoms. The van der Waals surface area contributed by atoms with E-state index in [9.17, 15) is 14.7 Å². The van der Waals surface area contributed by atoms with Gasteiger partial charge < -0.3 is 9.52 Å². The van der Waals surface area contributed by atoms with Crippen LogP contribution in [-0.2, 0) is 0 Å². The Hall–Kier alpha value is -2.47. The number of benzene rings is 1. The van der Waals surface area contributed by atoms with Gasteiger partial charge >= 0.3 is 5.97 Å². The van der Waals surface area contributed by atoms with Crippen LogP contribution in [0.15, 0.2) is 28.7 Å². The number of hydrogen-bond donors (Lipinski definition) is 1. The molecule has 0 atom stereocenters. The molecule has 0 fully saturated rings. The van der Waals surface area contributed by atoms with Crippen molar-refractivity contribution in [3.63, 3.8) is 0 Å². The smallest absolute Gasteiger partial charge is 0.356 e. The molecule has 6 heteroatoms. The number of thiazole rings is 1. The summed E-state index contributed by atoms with van der Waals surface area (Å²) in [7, 11) is 0. The van der Waals surface area contributed by atoms with Crippen molar-refractivity contribution >= 4 is 34.1 Å². The fourth-order valence-corrected chi connectivity index (χ4v) is 3.30. The second kappa shape index (κ2) is 4.82. The summed E-state index contributed by atoms with van der Waals surface area (Å²) in [4.78, 5) is 27.1. The third kappa shape index (κ3) is 2.13. The minimum Gasteiger partial charge on any atom is -0.476 e. The molecular formula is C15H11NO4S. The first-order valence-corrected chi connectivity index (χ1v) is 7.04. The number of rotatable bonds is 3. The van der Waals surface area contributed by atoms with Gasteiger partial charge in [0.15, 0.2) is 11.5 Å². The molecule has 0 aliphatic carbocycles. The highest BCUT2D eigenvalue weighted by molar-refractivity contribution is 7.17. The highest BCUT2D eigenvalue weighted by atomic mass is 32.1. The molecule has 0 aliphatic heterocycles. The standard InChI is InChI=1S/C15H11NO4S/c1-7(17)13-12(15(18)19)16-14(21-13)11-8(2)20-10-6-4-3-5-9(10)11/h3-6H,1-2H3,(H,18,19). The van der Waals surface area contributed by atoms with Crippen LogP contribution in [0, 0.1) is 6.92 Å². The van der Waals surface area contributed by atoms with Crippen molar-refractivity contribution < 1.29 is 19.1 Å². The Morgan fingerprint density at radius 3 is 2.62 bits per heavy atom. The number of fused-ring (bicyclic) bond motifs is 1. The summed E-state index contributed by atoms with van der Waals surface area (Å²) in [5.74, 6) is -0.855. The normalized spacial score (nSPS) is 11.0. The lowest BCUT2D eigenvalue weighted by Gasteiger charge is -1.93. The molecule has 2 heterocycles. The summed E-state index contributed by atoms with van der Waals surface area (Å²) in [6, 6.07) is 7.46. The molecule has 0 bridgehead atoms. The van der Waals surface area contributed by atoms with Crippen LogP contribution in [0.25, 0.3) is 21.5 Å². The minimum atomic E-state index is -1.20. The van der Waals surface area contributed by atoms with Gasteiger partial charge in [-0.25, -0.2) is 9.78 Å². The Morgan fingerprint density at radius 2 is 2.00 bits per heavy atom. The third-order valence-corrected chi connectivity index (χ3v) is 4.31. The van der Waals surface area contributed by atoms with Gasteiger partial charge in [0.1, 0.15) is 21.2 Å². The molecule has 0 aliphatic rings. The summed E-state index contributed by atoms with van der Waals surface area (Å²) in [5.41, 5.74) is 1.25. The minimum absolute atomic E-state index is 0.155. The van der Waals surface area contributed by atoms with Crippen LogP contribution >= 0.6 is 11.3 Å². The lowest BCUT2D eigenvalue weighted by molar-refractivity contribution is 0.0687. The zero-order chi connectivity index (χ0) is 15.1. The maximum atomic E-state index is 11.6. The van der Waals surface area contributed by atoms with Crippen LogP contribution in [-0.4, -0.2) is 21.8 Å². The largest absolute Gasteiger partial charge is 0.476 e. The molecule has 0 amide bonds. The van der Waals surface area contributed by atoms with Gasteiger partial charge in [-0.15, -0.1) is 11.3 Å². The maximum Gasteiger partial charge on any atom is 0.356 e. The van der Waals surface area contributed by atoms with Crippen LogP contribution in [0.5, 0.6) is 0 Å². The van der Waals surface area contributed by atoms with Crippen LogP contribution in [0.3, 0.4) is 0 Å². The molecule has 1 aromatic carbocycles. The van der Waals surface area contributed by atoms with E-state index in [-0.39, 0.29) is 16.4 Å². The molecule has 0 unspecified atom stereocenters. The second-order valence-corrected chi connectivity index (χ2v) is 5.59. The van der Waals surface area contributed by atoms with Crippen LogP contribution in [0.2, 0.25) is 0 Å². The molecular weight excluding hydrogens is 290 g/mol. The molecule has 0 radical (unpaired) electrons. The number of furan rings is 1. The molecule has 21 heavy (non-hydrogen) atoms. The fraction of sp³-hybridized carbons (Fsp3) is 0.133. The summed E-state index contributed by atoms with van der Waals surface area (Å²) in [5, 5.41) is 10.5. The Balaban J connectivity index is 2.28. The Labute approximate surface area is 123 Å². The number of carbonyl (C=O) groups excluding carboxylic acids is 1. The zero-order valence-electron chi connectivity index (χ0n) is 11.3. The van der Waals surface area contributed by atoms with Crippen molar-refractivity contribution in [2.45, 2.75) is 13.8 Å². The molecule has 3 aromatic rings. The fourth-order valence-electron chi connectivity index (χ4n) is 2.24. The predicted octanol–water partition coefficient (Wildman–Crippen LogP) is 3.77. The van der Waals surface area contributed by atoms with E-state index >= 15 is 0 Å². The molecule has 0 saturated heterocycles. The van der Waals surface area contributed by atoms with Crippen molar-refractivity contribution in [2.24, 2.45) is 0 Å². The number of aromatic nitrogens is 1. The van der Waals surface area contributed by atoms with Crippen molar-refractivity contribution in [1.29, 1.82) is 0 Å². The lowest BCUT2D eigenvalue weighted by Crippen LogP contribution is -2.03. The van der Waals surface area contributed by atoms with E-state index in [1.54, 1.807) is 6.92 Å². The van der Waals surface area contributed by atoms with Gasteiger partial charge in [-0.3, -0.25) is 4.79 Å². The van der Waals surface area contributed by atoms with Gasteiger partial charge in [0.05, 0.1) is 5.56 Å². The van der Waals surface area contributed by atoms with Gasteiger partial charge in [-0.2, -0.15) is 0 Å². The van der Waals surface area contributed by atoms with Gasteiger partial charge in [0.25, 0.3) is 0 Å². The van der Waals surface area contributed by atoms with Crippen molar-refractivity contribution in [3.05, 3.63) is 40.6 Å². The summed E-state index contributed by atoms with van der Waals surface area (Å²) < 4.78 is 5.66. The lowest BCUT2D eigenvalue weighted by atomic mass is 10.1. The van der Waals surface area contributed by atoms with Gasteiger partial charge in [-0.05, 0) is 13.0 Å². The number of aryl methyl sites for hydroxylation is 1. The quantitative estimate of drug-likeness (QED) is 0.745. The maximum absolute atomic E-state index is 11.6. The SMILES string of the molecule is CC(=O)c1sc(-c2c(C)oc3ccccc23)nc1C(=O)O. The summed E-state index contributed by atoms with van der Waals surface area (Å²) >= 11 is 1.08. The Bertz CT molecular complexity index is 844. The topological polar surface area (TPSA) is 80.4 Å². The van der Waals surface area contributed by atoms with E-state index in [4.69, 9.17) is 4.42 Å². The zero-order valence-corrected chi connectivity index (χ0v) is 12.2. The molecule has 5 nitrogen and oxygen atoms in total.